The fourth-order valence-corrected chi connectivity index (χ4v) is 1.37. The quantitative estimate of drug-likeness (QED) is 0.377. The molecule has 0 bridgehead atoms. The number of hydrogen-bond donors (Lipinski definition) is 1. The average Bonchev–Trinajstić information content (AvgIpc) is 2.37. The molecule has 20 heavy (non-hydrogen) atoms. The summed E-state index contributed by atoms with van der Waals surface area (Å²) in [6, 6.07) is 1.79. The van der Waals surface area contributed by atoms with Crippen LogP contribution in [-0.4, -0.2) is 26.9 Å². The number of carbonyl (C=O) groups excluding carboxylic acids is 1. The van der Waals surface area contributed by atoms with Crippen molar-refractivity contribution in [3.63, 3.8) is 0 Å². The number of rotatable bonds is 4. The lowest BCUT2D eigenvalue weighted by atomic mass is 10.2. The van der Waals surface area contributed by atoms with E-state index in [2.05, 4.69) is 4.74 Å². The number of hydrogen-bond acceptors (Lipinski definition) is 8. The average molecular weight is 299 g/mol. The van der Waals surface area contributed by atoms with E-state index < -0.39 is 38.3 Å². The van der Waals surface area contributed by atoms with Crippen molar-refractivity contribution < 1.29 is 19.4 Å². The minimum absolute atomic E-state index is 0.116. The Morgan fingerprint density at radius 3 is 2.05 bits per heavy atom. The largest absolute Gasteiger partial charge is 0.413 e. The van der Waals surface area contributed by atoms with Crippen LogP contribution in [0.25, 0.3) is 0 Å². The molecule has 10 heteroatoms. The standard InChI is InChI=1S/C10H9N3O6S/c1-5(11)9(14)19-10(20)6-2-7(12(15)16)4-8(3-6)13(17)18/h2-5H,11H2,1H3/t5-/m0/s1. The van der Waals surface area contributed by atoms with Gasteiger partial charge in [-0.3, -0.25) is 20.2 Å². The molecule has 1 rings (SSSR count). The normalized spacial score (nSPS) is 11.5. The predicted octanol–water partition coefficient (Wildman–Crippen LogP) is 1.07. The van der Waals surface area contributed by atoms with Crippen molar-refractivity contribution in [2.24, 2.45) is 5.73 Å². The number of esters is 1. The van der Waals surface area contributed by atoms with Crippen LogP contribution in [0.5, 0.6) is 0 Å². The lowest BCUT2D eigenvalue weighted by Gasteiger charge is -2.07. The van der Waals surface area contributed by atoms with Crippen molar-refractivity contribution in [1.82, 2.24) is 0 Å². The van der Waals surface area contributed by atoms with Crippen LogP contribution in [0.2, 0.25) is 0 Å². The van der Waals surface area contributed by atoms with Crippen LogP contribution in [-0.2, 0) is 9.53 Å². The Balaban J connectivity index is 3.17. The number of nitrogens with two attached hydrogens (primary N) is 1. The number of nitrogens with zero attached hydrogens (tertiary/aromatic N) is 2. The molecule has 106 valence electrons. The predicted molar refractivity (Wildman–Crippen MR) is 71.2 cm³/mol. The lowest BCUT2D eigenvalue weighted by Crippen LogP contribution is -2.30. The molecule has 9 nitrogen and oxygen atoms in total. The molecule has 0 saturated carbocycles. The molecule has 0 heterocycles. The Bertz CT molecular complexity index is 568. The van der Waals surface area contributed by atoms with Crippen LogP contribution in [0.3, 0.4) is 0 Å². The van der Waals surface area contributed by atoms with Crippen molar-refractivity contribution in [1.29, 1.82) is 0 Å². The third kappa shape index (κ3) is 3.76. The zero-order valence-corrected chi connectivity index (χ0v) is 11.0. The summed E-state index contributed by atoms with van der Waals surface area (Å²) in [5.74, 6) is -0.843. The SMILES string of the molecule is C[C@H](N)C(=O)OC(=S)c1cc([N+](=O)[O-])cc([N+](=O)[O-])c1. The second kappa shape index (κ2) is 6.12. The van der Waals surface area contributed by atoms with Gasteiger partial charge in [-0.1, -0.05) is 0 Å². The van der Waals surface area contributed by atoms with Gasteiger partial charge in [-0.2, -0.15) is 0 Å². The lowest BCUT2D eigenvalue weighted by molar-refractivity contribution is -0.394. The molecule has 0 amide bonds. The van der Waals surface area contributed by atoms with Crippen molar-refractivity contribution in [2.45, 2.75) is 13.0 Å². The molecule has 0 fully saturated rings. The fraction of sp³-hybridized carbons (Fsp3) is 0.200. The van der Waals surface area contributed by atoms with E-state index in [4.69, 9.17) is 18.0 Å². The first-order chi connectivity index (χ1) is 9.22. The molecule has 0 aromatic heterocycles. The molecule has 0 spiro atoms. The zero-order valence-electron chi connectivity index (χ0n) is 10.1. The van der Waals surface area contributed by atoms with Crippen LogP contribution in [0.15, 0.2) is 18.2 Å². The first-order valence-electron chi connectivity index (χ1n) is 5.18. The van der Waals surface area contributed by atoms with Gasteiger partial charge in [0.15, 0.2) is 0 Å². The molecule has 0 aliphatic rings. The monoisotopic (exact) mass is 299 g/mol. The molecule has 1 aromatic rings. The topological polar surface area (TPSA) is 139 Å². The Morgan fingerprint density at radius 2 is 1.70 bits per heavy atom. The molecule has 1 aromatic carbocycles. The molecular formula is C10H9N3O6S. The minimum atomic E-state index is -0.943. The Morgan fingerprint density at radius 1 is 1.25 bits per heavy atom. The van der Waals surface area contributed by atoms with Gasteiger partial charge >= 0.3 is 5.97 Å². The number of benzene rings is 1. The summed E-state index contributed by atoms with van der Waals surface area (Å²) < 4.78 is 4.69. The maximum Gasteiger partial charge on any atom is 0.328 e. The number of ether oxygens (including phenoxy) is 1. The third-order valence-electron chi connectivity index (χ3n) is 2.12. The van der Waals surface area contributed by atoms with Gasteiger partial charge in [0.05, 0.1) is 15.9 Å². The molecule has 2 N–H and O–H groups in total. The van der Waals surface area contributed by atoms with E-state index in [9.17, 15) is 25.0 Å². The van der Waals surface area contributed by atoms with Crippen molar-refractivity contribution in [3.05, 3.63) is 44.0 Å². The van der Waals surface area contributed by atoms with E-state index in [1.165, 1.54) is 6.92 Å². The maximum atomic E-state index is 11.3. The number of non-ortho nitro benzene ring substituents is 2. The molecule has 0 radical (unpaired) electrons. The summed E-state index contributed by atoms with van der Waals surface area (Å²) in [7, 11) is 0. The van der Waals surface area contributed by atoms with Crippen LogP contribution in [0.4, 0.5) is 11.4 Å². The van der Waals surface area contributed by atoms with Crippen molar-refractivity contribution in [3.8, 4) is 0 Å². The van der Waals surface area contributed by atoms with Crippen LogP contribution < -0.4 is 5.73 Å². The van der Waals surface area contributed by atoms with E-state index >= 15 is 0 Å². The smallest absolute Gasteiger partial charge is 0.328 e. The highest BCUT2D eigenvalue weighted by atomic mass is 32.1. The first-order valence-corrected chi connectivity index (χ1v) is 5.58. The second-order valence-corrected chi connectivity index (χ2v) is 4.12. The molecule has 0 aliphatic carbocycles. The van der Waals surface area contributed by atoms with Gasteiger partial charge in [0.1, 0.15) is 6.04 Å². The molecule has 0 unspecified atom stereocenters. The summed E-state index contributed by atoms with van der Waals surface area (Å²) in [5.41, 5.74) is 4.08. The van der Waals surface area contributed by atoms with E-state index in [0.29, 0.717) is 0 Å². The Hall–Kier alpha value is -2.46. The Labute approximate surface area is 117 Å². The van der Waals surface area contributed by atoms with E-state index in [1.54, 1.807) is 0 Å². The van der Waals surface area contributed by atoms with Crippen LogP contribution in [0.1, 0.15) is 12.5 Å². The van der Waals surface area contributed by atoms with Gasteiger partial charge in [-0.05, 0) is 19.1 Å². The van der Waals surface area contributed by atoms with E-state index in [-0.39, 0.29) is 5.56 Å². The van der Waals surface area contributed by atoms with Gasteiger partial charge in [-0.15, -0.1) is 0 Å². The van der Waals surface area contributed by atoms with E-state index in [1.807, 2.05) is 0 Å². The minimum Gasteiger partial charge on any atom is -0.413 e. The van der Waals surface area contributed by atoms with Crippen LogP contribution in [0, 0.1) is 20.2 Å². The summed E-state index contributed by atoms with van der Waals surface area (Å²) in [6.07, 6.45) is 0. The molecule has 1 atom stereocenters. The van der Waals surface area contributed by atoms with Gasteiger partial charge in [0.25, 0.3) is 11.4 Å². The highest BCUT2D eigenvalue weighted by Crippen LogP contribution is 2.23. The number of carbonyl (C=O) groups is 1. The summed E-state index contributed by atoms with van der Waals surface area (Å²) >= 11 is 4.76. The van der Waals surface area contributed by atoms with Gasteiger partial charge < -0.3 is 10.5 Å². The fourth-order valence-electron chi connectivity index (χ4n) is 1.17. The van der Waals surface area contributed by atoms with Crippen molar-refractivity contribution >= 4 is 34.6 Å². The Kier molecular flexibility index (Phi) is 4.78. The van der Waals surface area contributed by atoms with Crippen LogP contribution >= 0.6 is 12.2 Å². The second-order valence-electron chi connectivity index (χ2n) is 3.75. The maximum absolute atomic E-state index is 11.3. The third-order valence-corrected chi connectivity index (χ3v) is 2.44. The first kappa shape index (κ1) is 15.6. The van der Waals surface area contributed by atoms with Gasteiger partial charge in [0.2, 0.25) is 5.05 Å². The number of nitro benzene ring substituents is 2. The zero-order chi connectivity index (χ0) is 15.4. The molecule has 0 aliphatic heterocycles. The van der Waals surface area contributed by atoms with Gasteiger partial charge in [0, 0.05) is 17.7 Å². The summed E-state index contributed by atoms with van der Waals surface area (Å²) in [5, 5.41) is 21.0. The van der Waals surface area contributed by atoms with Crippen molar-refractivity contribution in [2.75, 3.05) is 0 Å². The van der Waals surface area contributed by atoms with Gasteiger partial charge in [-0.25, -0.2) is 4.79 Å². The highest BCUT2D eigenvalue weighted by Gasteiger charge is 2.21. The number of nitro groups is 2. The highest BCUT2D eigenvalue weighted by molar-refractivity contribution is 7.80. The van der Waals surface area contributed by atoms with E-state index in [0.717, 1.165) is 18.2 Å². The number of thiocarbonyl (C=S) groups is 1. The summed E-state index contributed by atoms with van der Waals surface area (Å²) in [6.45, 7) is 1.36. The molecule has 0 saturated heterocycles. The summed E-state index contributed by atoms with van der Waals surface area (Å²) in [4.78, 5) is 31.0. The molecular weight excluding hydrogens is 290 g/mol.